The maximum atomic E-state index is 6.35. The second-order valence-electron chi connectivity index (χ2n) is 10.9. The molecule has 1 aliphatic rings. The molecule has 1 atom stereocenters. The highest BCUT2D eigenvalue weighted by atomic mass is 28.4. The van der Waals surface area contributed by atoms with Crippen molar-refractivity contribution in [1.82, 2.24) is 9.97 Å². The van der Waals surface area contributed by atoms with Crippen molar-refractivity contribution >= 4 is 13.9 Å². The fraction of sp³-hybridized carbons (Fsp3) is 0.769. The van der Waals surface area contributed by atoms with Crippen LogP contribution in [-0.4, -0.2) is 71.6 Å². The van der Waals surface area contributed by atoms with Crippen LogP contribution in [0.4, 0.5) is 0 Å². The van der Waals surface area contributed by atoms with E-state index in [-0.39, 0.29) is 10.5 Å². The van der Waals surface area contributed by atoms with E-state index in [0.29, 0.717) is 46.2 Å². The molecule has 0 bridgehead atoms. The summed E-state index contributed by atoms with van der Waals surface area (Å²) in [6.45, 7) is 18.4. The molecular weight excluding hydrogens is 448 g/mol. The van der Waals surface area contributed by atoms with Crippen molar-refractivity contribution in [1.29, 1.82) is 0 Å². The Morgan fingerprint density at radius 3 is 2.24 bits per heavy atom. The molecule has 7 nitrogen and oxygen atoms in total. The van der Waals surface area contributed by atoms with Gasteiger partial charge in [-0.3, -0.25) is 0 Å². The third kappa shape index (κ3) is 9.83. The SMILES string of the molecule is COCCOCCOCCOC[C@@]1(C)CC=C(c2nccc(CO[Si](C)(C)C(C)(C)C)n2)CC1. The van der Waals surface area contributed by atoms with E-state index in [4.69, 9.17) is 28.4 Å². The number of hydrogen-bond acceptors (Lipinski definition) is 7. The molecule has 0 saturated carbocycles. The van der Waals surface area contributed by atoms with Gasteiger partial charge in [-0.15, -0.1) is 0 Å². The van der Waals surface area contributed by atoms with E-state index in [2.05, 4.69) is 51.8 Å². The highest BCUT2D eigenvalue weighted by Crippen LogP contribution is 2.38. The Morgan fingerprint density at radius 1 is 1.00 bits per heavy atom. The monoisotopic (exact) mass is 494 g/mol. The molecule has 1 aromatic heterocycles. The minimum atomic E-state index is -1.80. The Morgan fingerprint density at radius 2 is 1.65 bits per heavy atom. The molecule has 194 valence electrons. The van der Waals surface area contributed by atoms with Crippen LogP contribution in [0.2, 0.25) is 18.1 Å². The number of aromatic nitrogens is 2. The van der Waals surface area contributed by atoms with Crippen molar-refractivity contribution in [3.63, 3.8) is 0 Å². The average Bonchev–Trinajstić information content (AvgIpc) is 2.79. The molecule has 1 heterocycles. The smallest absolute Gasteiger partial charge is 0.192 e. The first-order chi connectivity index (χ1) is 16.1. The molecule has 1 aliphatic carbocycles. The van der Waals surface area contributed by atoms with Crippen molar-refractivity contribution < 1.29 is 23.4 Å². The average molecular weight is 495 g/mol. The van der Waals surface area contributed by atoms with E-state index in [9.17, 15) is 0 Å². The van der Waals surface area contributed by atoms with Crippen molar-refractivity contribution in [3.8, 4) is 0 Å². The number of ether oxygens (including phenoxy) is 4. The molecule has 1 aromatic rings. The van der Waals surface area contributed by atoms with Crippen molar-refractivity contribution in [3.05, 3.63) is 29.9 Å². The van der Waals surface area contributed by atoms with E-state index in [1.807, 2.05) is 12.3 Å². The van der Waals surface area contributed by atoms with Crippen LogP contribution in [0.15, 0.2) is 18.3 Å². The Labute approximate surface area is 207 Å². The second kappa shape index (κ2) is 13.8. The lowest BCUT2D eigenvalue weighted by Gasteiger charge is -2.36. The fourth-order valence-electron chi connectivity index (χ4n) is 3.35. The summed E-state index contributed by atoms with van der Waals surface area (Å²) in [5, 5.41) is 0.186. The predicted octanol–water partition coefficient (Wildman–Crippen LogP) is 5.27. The van der Waals surface area contributed by atoms with Crippen LogP contribution >= 0.6 is 0 Å². The zero-order valence-electron chi connectivity index (χ0n) is 22.4. The van der Waals surface area contributed by atoms with Gasteiger partial charge in [0.05, 0.1) is 58.5 Å². The lowest BCUT2D eigenvalue weighted by molar-refractivity contribution is -0.0133. The van der Waals surface area contributed by atoms with Gasteiger partial charge in [0.15, 0.2) is 14.1 Å². The van der Waals surface area contributed by atoms with Crippen LogP contribution in [0, 0.1) is 5.41 Å². The standard InChI is InChI=1S/C26H46N2O5Si/c1-25(2,3)34(6,7)33-20-23-10-13-27-24(28-23)22-8-11-26(4,12-9-22)21-32-19-18-31-17-16-30-15-14-29-5/h8,10,13H,9,11-12,14-21H2,1-7H3/t26-/m0/s1. The lowest BCUT2D eigenvalue weighted by Crippen LogP contribution is -2.40. The minimum absolute atomic E-state index is 0.135. The summed E-state index contributed by atoms with van der Waals surface area (Å²) < 4.78 is 28.1. The van der Waals surface area contributed by atoms with Gasteiger partial charge in [-0.25, -0.2) is 9.97 Å². The van der Waals surface area contributed by atoms with Gasteiger partial charge in [0, 0.05) is 13.3 Å². The molecule has 34 heavy (non-hydrogen) atoms. The Hall–Kier alpha value is -1.16. The largest absolute Gasteiger partial charge is 0.411 e. The topological polar surface area (TPSA) is 71.9 Å². The van der Waals surface area contributed by atoms with Crippen LogP contribution in [0.5, 0.6) is 0 Å². The molecule has 8 heteroatoms. The molecule has 0 amide bonds. The van der Waals surface area contributed by atoms with Crippen molar-refractivity contribution in [2.24, 2.45) is 5.41 Å². The second-order valence-corrected chi connectivity index (χ2v) is 15.7. The van der Waals surface area contributed by atoms with E-state index in [1.54, 1.807) is 7.11 Å². The van der Waals surface area contributed by atoms with Crippen molar-refractivity contribution in [2.75, 3.05) is 53.4 Å². The molecule has 0 unspecified atom stereocenters. The van der Waals surface area contributed by atoms with E-state index >= 15 is 0 Å². The van der Waals surface area contributed by atoms with Crippen LogP contribution in [0.3, 0.4) is 0 Å². The van der Waals surface area contributed by atoms with E-state index in [0.717, 1.165) is 37.4 Å². The first-order valence-corrected chi connectivity index (χ1v) is 15.3. The number of nitrogens with zero attached hydrogens (tertiary/aromatic N) is 2. The Bertz CT molecular complexity index is 766. The normalized spacial score (nSPS) is 19.3. The molecule has 0 N–H and O–H groups in total. The maximum absolute atomic E-state index is 6.35. The van der Waals surface area contributed by atoms with Crippen molar-refractivity contribution in [2.45, 2.75) is 71.7 Å². The zero-order valence-corrected chi connectivity index (χ0v) is 23.4. The quantitative estimate of drug-likeness (QED) is 0.243. The summed E-state index contributed by atoms with van der Waals surface area (Å²) >= 11 is 0. The highest BCUT2D eigenvalue weighted by molar-refractivity contribution is 6.74. The summed E-state index contributed by atoms with van der Waals surface area (Å²) in [5.74, 6) is 0.834. The van der Waals surface area contributed by atoms with Gasteiger partial charge in [0.2, 0.25) is 0 Å². The molecule has 0 spiro atoms. The maximum Gasteiger partial charge on any atom is 0.192 e. The first-order valence-electron chi connectivity index (χ1n) is 12.4. The zero-order chi connectivity index (χ0) is 25.1. The number of allylic oxidation sites excluding steroid dienone is 2. The third-order valence-electron chi connectivity index (χ3n) is 6.85. The van der Waals surface area contributed by atoms with Gasteiger partial charge >= 0.3 is 0 Å². The summed E-state index contributed by atoms with van der Waals surface area (Å²) in [6, 6.07) is 1.96. The Kier molecular flexibility index (Phi) is 11.8. The molecule has 0 saturated heterocycles. The van der Waals surface area contributed by atoms with Crippen LogP contribution in [-0.2, 0) is 30.0 Å². The number of methoxy groups -OCH3 is 1. The van der Waals surface area contributed by atoms with Gasteiger partial charge in [-0.1, -0.05) is 33.8 Å². The summed E-state index contributed by atoms with van der Waals surface area (Å²) in [5.41, 5.74) is 2.32. The lowest BCUT2D eigenvalue weighted by atomic mass is 9.77. The van der Waals surface area contributed by atoms with Gasteiger partial charge in [0.25, 0.3) is 0 Å². The van der Waals surface area contributed by atoms with Gasteiger partial charge < -0.3 is 23.4 Å². The first kappa shape index (κ1) is 29.1. The van der Waals surface area contributed by atoms with Gasteiger partial charge in [-0.05, 0) is 54.4 Å². The minimum Gasteiger partial charge on any atom is -0.411 e. The number of hydrogen-bond donors (Lipinski definition) is 0. The molecular formula is C26H46N2O5Si. The molecule has 0 fully saturated rings. The van der Waals surface area contributed by atoms with Gasteiger partial charge in [0.1, 0.15) is 0 Å². The third-order valence-corrected chi connectivity index (χ3v) is 11.3. The van der Waals surface area contributed by atoms with Gasteiger partial charge in [-0.2, -0.15) is 0 Å². The number of rotatable bonds is 15. The highest BCUT2D eigenvalue weighted by Gasteiger charge is 2.37. The molecule has 0 aromatic carbocycles. The summed E-state index contributed by atoms with van der Waals surface area (Å²) in [4.78, 5) is 9.35. The summed E-state index contributed by atoms with van der Waals surface area (Å²) in [6.07, 6.45) is 7.12. The molecule has 2 rings (SSSR count). The van der Waals surface area contributed by atoms with Crippen LogP contribution in [0.1, 0.15) is 58.5 Å². The molecule has 0 aliphatic heterocycles. The van der Waals surface area contributed by atoms with E-state index in [1.165, 1.54) is 5.57 Å². The predicted molar refractivity (Wildman–Crippen MR) is 138 cm³/mol. The molecule has 0 radical (unpaired) electrons. The van der Waals surface area contributed by atoms with Crippen LogP contribution < -0.4 is 0 Å². The van der Waals surface area contributed by atoms with Crippen LogP contribution in [0.25, 0.3) is 5.57 Å². The van der Waals surface area contributed by atoms with E-state index < -0.39 is 8.32 Å². The Balaban J connectivity index is 1.74. The summed E-state index contributed by atoms with van der Waals surface area (Å²) in [7, 11) is -0.138. The fourth-order valence-corrected chi connectivity index (χ4v) is 4.29.